The minimum absolute atomic E-state index is 0.286. The molecule has 0 aromatic carbocycles. The van der Waals surface area contributed by atoms with E-state index in [-0.39, 0.29) is 5.95 Å². The highest BCUT2D eigenvalue weighted by Gasteiger charge is 2.09. The third-order valence-electron chi connectivity index (χ3n) is 2.24. The molecule has 2 aromatic heterocycles. The van der Waals surface area contributed by atoms with Gasteiger partial charge in [0.25, 0.3) is 0 Å². The number of rotatable bonds is 2. The molecule has 0 amide bonds. The van der Waals surface area contributed by atoms with Crippen LogP contribution in [0.15, 0.2) is 18.2 Å². The molecule has 0 aliphatic carbocycles. The topological polar surface area (TPSA) is 43.3 Å². The van der Waals surface area contributed by atoms with Gasteiger partial charge in [0, 0.05) is 6.42 Å². The van der Waals surface area contributed by atoms with E-state index < -0.39 is 0 Å². The lowest BCUT2D eigenvalue weighted by atomic mass is 10.3. The lowest BCUT2D eigenvalue weighted by Gasteiger charge is -2.00. The zero-order valence-electron chi connectivity index (χ0n) is 8.00. The number of hydrogen-bond donors (Lipinski definition) is 1. The van der Waals surface area contributed by atoms with Gasteiger partial charge in [0.15, 0.2) is 5.95 Å². The van der Waals surface area contributed by atoms with Crippen LogP contribution in [0, 0.1) is 12.9 Å². The van der Waals surface area contributed by atoms with Crippen molar-refractivity contribution in [2.24, 2.45) is 5.73 Å². The van der Waals surface area contributed by atoms with Crippen molar-refractivity contribution in [2.45, 2.75) is 13.3 Å². The molecule has 0 spiro atoms. The molecule has 0 fully saturated rings. The second-order valence-corrected chi connectivity index (χ2v) is 3.22. The Morgan fingerprint density at radius 2 is 2.29 bits per heavy atom. The number of aryl methyl sites for hydroxylation is 1. The molecule has 2 heterocycles. The van der Waals surface area contributed by atoms with Crippen molar-refractivity contribution < 1.29 is 4.39 Å². The van der Waals surface area contributed by atoms with Crippen LogP contribution < -0.4 is 5.73 Å². The molecule has 0 aliphatic heterocycles. The molecule has 0 aliphatic rings. The Labute approximate surface area is 81.4 Å². The minimum atomic E-state index is -0.286. The van der Waals surface area contributed by atoms with Crippen molar-refractivity contribution in [2.75, 3.05) is 6.54 Å². The maximum Gasteiger partial charge on any atom is 0.199 e. The monoisotopic (exact) mass is 193 g/mol. The van der Waals surface area contributed by atoms with Gasteiger partial charge in [-0.05, 0) is 25.6 Å². The fraction of sp³-hybridized carbons (Fsp3) is 0.300. The smallest absolute Gasteiger partial charge is 0.199 e. The van der Waals surface area contributed by atoms with Crippen molar-refractivity contribution in [3.05, 3.63) is 35.7 Å². The van der Waals surface area contributed by atoms with Gasteiger partial charge < -0.3 is 5.73 Å². The molecule has 0 saturated heterocycles. The molecule has 4 heteroatoms. The molecule has 0 atom stereocenters. The summed E-state index contributed by atoms with van der Waals surface area (Å²) >= 11 is 0. The fourth-order valence-electron chi connectivity index (χ4n) is 1.63. The number of imidazole rings is 1. The van der Waals surface area contributed by atoms with E-state index in [4.69, 9.17) is 5.73 Å². The minimum Gasteiger partial charge on any atom is -0.330 e. The zero-order chi connectivity index (χ0) is 10.1. The molecule has 74 valence electrons. The van der Waals surface area contributed by atoms with Gasteiger partial charge in [-0.15, -0.1) is 0 Å². The Bertz CT molecular complexity index is 462. The molecule has 2 rings (SSSR count). The standard InChI is InChI=1S/C10H12FN3/c1-7-8-3-2-4-9(11)14(8)10(13-7)5-6-12/h2-4H,5-6,12H2,1H3. The molecule has 14 heavy (non-hydrogen) atoms. The molecule has 0 unspecified atom stereocenters. The summed E-state index contributed by atoms with van der Waals surface area (Å²) in [5.41, 5.74) is 7.09. The summed E-state index contributed by atoms with van der Waals surface area (Å²) < 4.78 is 15.0. The SMILES string of the molecule is Cc1nc(CCN)n2c(F)cccc12. The first-order chi connectivity index (χ1) is 6.74. The van der Waals surface area contributed by atoms with Crippen molar-refractivity contribution in [1.82, 2.24) is 9.38 Å². The number of nitrogens with two attached hydrogens (primary N) is 1. The predicted molar refractivity (Wildman–Crippen MR) is 52.6 cm³/mol. The van der Waals surface area contributed by atoms with Gasteiger partial charge in [0.1, 0.15) is 5.82 Å². The third-order valence-corrected chi connectivity index (χ3v) is 2.24. The molecule has 0 radical (unpaired) electrons. The number of fused-ring (bicyclic) bond motifs is 1. The third kappa shape index (κ3) is 1.28. The largest absolute Gasteiger partial charge is 0.330 e. The second-order valence-electron chi connectivity index (χ2n) is 3.22. The molecule has 3 nitrogen and oxygen atoms in total. The molecular weight excluding hydrogens is 181 g/mol. The highest BCUT2D eigenvalue weighted by molar-refractivity contribution is 5.52. The van der Waals surface area contributed by atoms with Gasteiger partial charge in [-0.2, -0.15) is 4.39 Å². The number of halogens is 1. The summed E-state index contributed by atoms with van der Waals surface area (Å²) in [6, 6.07) is 4.96. The van der Waals surface area contributed by atoms with Crippen molar-refractivity contribution in [3.63, 3.8) is 0 Å². The first kappa shape index (κ1) is 9.15. The van der Waals surface area contributed by atoms with Crippen molar-refractivity contribution in [1.29, 1.82) is 0 Å². The number of nitrogens with zero attached hydrogens (tertiary/aromatic N) is 2. The van der Waals surface area contributed by atoms with Crippen LogP contribution in [0.4, 0.5) is 4.39 Å². The Kier molecular flexibility index (Phi) is 2.21. The Morgan fingerprint density at radius 1 is 1.50 bits per heavy atom. The van der Waals surface area contributed by atoms with Crippen LogP contribution in [-0.4, -0.2) is 15.9 Å². The van der Waals surface area contributed by atoms with Crippen LogP contribution in [0.3, 0.4) is 0 Å². The number of aromatic nitrogens is 2. The first-order valence-electron chi connectivity index (χ1n) is 4.56. The van der Waals surface area contributed by atoms with Gasteiger partial charge in [0.05, 0.1) is 11.2 Å². The van der Waals surface area contributed by atoms with Crippen LogP contribution in [0.1, 0.15) is 11.5 Å². The van der Waals surface area contributed by atoms with Gasteiger partial charge in [-0.25, -0.2) is 4.98 Å². The van der Waals surface area contributed by atoms with Crippen LogP contribution in [0.5, 0.6) is 0 Å². The van der Waals surface area contributed by atoms with Crippen LogP contribution >= 0.6 is 0 Å². The van der Waals surface area contributed by atoms with Gasteiger partial charge in [0.2, 0.25) is 0 Å². The van der Waals surface area contributed by atoms with Crippen LogP contribution in [-0.2, 0) is 6.42 Å². The van der Waals surface area contributed by atoms with E-state index in [0.717, 1.165) is 11.2 Å². The Balaban J connectivity index is 2.72. The summed E-state index contributed by atoms with van der Waals surface area (Å²) in [7, 11) is 0. The van der Waals surface area contributed by atoms with Gasteiger partial charge in [-0.1, -0.05) is 6.07 Å². The Morgan fingerprint density at radius 3 is 3.00 bits per heavy atom. The lowest BCUT2D eigenvalue weighted by molar-refractivity contribution is 0.557. The summed E-state index contributed by atoms with van der Waals surface area (Å²) in [6.45, 7) is 2.35. The first-order valence-corrected chi connectivity index (χ1v) is 4.56. The normalized spacial score (nSPS) is 11.1. The van der Waals surface area contributed by atoms with Crippen LogP contribution in [0.25, 0.3) is 5.52 Å². The fourth-order valence-corrected chi connectivity index (χ4v) is 1.63. The van der Waals surface area contributed by atoms with E-state index in [9.17, 15) is 4.39 Å². The molecule has 2 N–H and O–H groups in total. The molecule has 2 aromatic rings. The maximum absolute atomic E-state index is 13.5. The van der Waals surface area contributed by atoms with Gasteiger partial charge in [-0.3, -0.25) is 4.40 Å². The van der Waals surface area contributed by atoms with Crippen molar-refractivity contribution in [3.8, 4) is 0 Å². The molecule has 0 saturated carbocycles. The maximum atomic E-state index is 13.5. The highest BCUT2D eigenvalue weighted by Crippen LogP contribution is 2.14. The van der Waals surface area contributed by atoms with E-state index in [1.807, 2.05) is 13.0 Å². The summed E-state index contributed by atoms with van der Waals surface area (Å²) in [5, 5.41) is 0. The zero-order valence-corrected chi connectivity index (χ0v) is 8.00. The molecular formula is C10H12FN3. The van der Waals surface area contributed by atoms with E-state index in [0.29, 0.717) is 18.8 Å². The van der Waals surface area contributed by atoms with E-state index >= 15 is 0 Å². The van der Waals surface area contributed by atoms with Crippen LogP contribution in [0.2, 0.25) is 0 Å². The second kappa shape index (κ2) is 3.38. The summed E-state index contributed by atoms with van der Waals surface area (Å²) in [5.74, 6) is 0.407. The van der Waals surface area contributed by atoms with E-state index in [2.05, 4.69) is 4.98 Å². The van der Waals surface area contributed by atoms with Gasteiger partial charge >= 0.3 is 0 Å². The molecule has 0 bridgehead atoms. The van der Waals surface area contributed by atoms with Crippen molar-refractivity contribution >= 4 is 5.52 Å². The van der Waals surface area contributed by atoms with E-state index in [1.54, 1.807) is 6.07 Å². The highest BCUT2D eigenvalue weighted by atomic mass is 19.1. The average Bonchev–Trinajstić information content (AvgIpc) is 2.46. The summed E-state index contributed by atoms with van der Waals surface area (Å²) in [6.07, 6.45) is 0.593. The van der Waals surface area contributed by atoms with E-state index in [1.165, 1.54) is 10.5 Å². The average molecular weight is 193 g/mol. The Hall–Kier alpha value is -1.42. The lowest BCUT2D eigenvalue weighted by Crippen LogP contribution is -2.07. The number of hydrogen-bond acceptors (Lipinski definition) is 2. The quantitative estimate of drug-likeness (QED) is 0.730. The number of pyridine rings is 1. The summed E-state index contributed by atoms with van der Waals surface area (Å²) in [4.78, 5) is 4.28. The predicted octanol–water partition coefficient (Wildman–Crippen LogP) is 1.28.